The minimum atomic E-state index is 0.200. The van der Waals surface area contributed by atoms with Crippen LogP contribution < -0.4 is 0 Å². The molecule has 3 rings (SSSR count). The van der Waals surface area contributed by atoms with Crippen molar-refractivity contribution >= 4 is 5.78 Å². The van der Waals surface area contributed by atoms with Gasteiger partial charge in [0.25, 0.3) is 0 Å². The zero-order valence-corrected chi connectivity index (χ0v) is 14.5. The second-order valence-corrected chi connectivity index (χ2v) is 6.90. The number of hydrogen-bond donors (Lipinski definition) is 0. The van der Waals surface area contributed by atoms with E-state index in [0.717, 1.165) is 51.0 Å². The number of piperidine rings is 1. The predicted octanol–water partition coefficient (Wildman–Crippen LogP) is 3.11. The molecule has 1 aromatic heterocycles. The average molecular weight is 325 g/mol. The summed E-state index contributed by atoms with van der Waals surface area (Å²) in [5.74, 6) is 0.597. The first-order valence-corrected chi connectivity index (χ1v) is 8.99. The van der Waals surface area contributed by atoms with E-state index in [2.05, 4.69) is 23.1 Å². The van der Waals surface area contributed by atoms with Crippen LogP contribution in [-0.4, -0.2) is 40.1 Å². The molecule has 4 heteroatoms. The molecule has 1 fully saturated rings. The van der Waals surface area contributed by atoms with E-state index >= 15 is 0 Å². The minimum Gasteiger partial charge on any atom is -0.303 e. The zero-order chi connectivity index (χ0) is 16.8. The fourth-order valence-electron chi connectivity index (χ4n) is 3.51. The molecule has 1 aliphatic rings. The van der Waals surface area contributed by atoms with Crippen LogP contribution in [0.5, 0.6) is 0 Å². The van der Waals surface area contributed by atoms with Crippen molar-refractivity contribution in [1.82, 2.24) is 14.7 Å². The third-order valence-corrected chi connectivity index (χ3v) is 4.81. The lowest BCUT2D eigenvalue weighted by molar-refractivity contribution is -0.123. The highest BCUT2D eigenvalue weighted by molar-refractivity contribution is 5.83. The van der Waals surface area contributed by atoms with Gasteiger partial charge in [0.2, 0.25) is 0 Å². The highest BCUT2D eigenvalue weighted by atomic mass is 16.1. The summed E-state index contributed by atoms with van der Waals surface area (Å²) in [5, 5.41) is 4.33. The number of benzene rings is 1. The van der Waals surface area contributed by atoms with Crippen molar-refractivity contribution in [3.05, 3.63) is 53.9 Å². The van der Waals surface area contributed by atoms with Gasteiger partial charge in [-0.3, -0.25) is 9.48 Å². The first-order chi connectivity index (χ1) is 11.7. The predicted molar refractivity (Wildman–Crippen MR) is 95.9 cm³/mol. The lowest BCUT2D eigenvalue weighted by atomic mass is 9.90. The normalized spacial score (nSPS) is 18.6. The number of nitrogens with zero attached hydrogens (tertiary/aromatic N) is 3. The Hall–Kier alpha value is -1.94. The fraction of sp³-hybridized carbons (Fsp3) is 0.500. The van der Waals surface area contributed by atoms with Gasteiger partial charge in [0, 0.05) is 31.6 Å². The van der Waals surface area contributed by atoms with E-state index in [1.807, 2.05) is 41.2 Å². The van der Waals surface area contributed by atoms with Gasteiger partial charge in [-0.2, -0.15) is 5.10 Å². The maximum absolute atomic E-state index is 12.6. The Morgan fingerprint density at radius 2 is 2.08 bits per heavy atom. The van der Waals surface area contributed by atoms with E-state index in [1.165, 1.54) is 5.56 Å². The molecule has 24 heavy (non-hydrogen) atoms. The Kier molecular flexibility index (Phi) is 5.81. The van der Waals surface area contributed by atoms with Gasteiger partial charge in [-0.25, -0.2) is 0 Å². The second kappa shape index (κ2) is 8.25. The lowest BCUT2D eigenvalue weighted by Gasteiger charge is -2.32. The van der Waals surface area contributed by atoms with Crippen LogP contribution in [-0.2, 0) is 17.8 Å². The topological polar surface area (TPSA) is 38.1 Å². The molecule has 0 amide bonds. The number of likely N-dealkylation sites (tertiary alicyclic amines) is 1. The van der Waals surface area contributed by atoms with Gasteiger partial charge >= 0.3 is 0 Å². The van der Waals surface area contributed by atoms with E-state index in [0.29, 0.717) is 12.2 Å². The van der Waals surface area contributed by atoms with Gasteiger partial charge in [-0.1, -0.05) is 30.3 Å². The van der Waals surface area contributed by atoms with Gasteiger partial charge in [0.15, 0.2) is 0 Å². The molecule has 0 N–H and O–H groups in total. The SMILES string of the molecule is Cc1cnn(CCCN2CCC[C@H](C(=O)Cc3ccccc3)C2)c1. The van der Waals surface area contributed by atoms with Crippen molar-refractivity contribution < 1.29 is 4.79 Å². The number of Topliss-reactive ketones (excluding diaryl/α,β-unsaturated/α-hetero) is 1. The molecule has 2 heterocycles. The molecule has 1 atom stereocenters. The van der Waals surface area contributed by atoms with Crippen LogP contribution in [0.4, 0.5) is 0 Å². The third-order valence-electron chi connectivity index (χ3n) is 4.81. The first-order valence-electron chi connectivity index (χ1n) is 8.99. The Morgan fingerprint density at radius 1 is 1.25 bits per heavy atom. The summed E-state index contributed by atoms with van der Waals surface area (Å²) in [6.45, 7) is 6.11. The van der Waals surface area contributed by atoms with Gasteiger partial charge in [0.1, 0.15) is 5.78 Å². The summed E-state index contributed by atoms with van der Waals surface area (Å²) in [5.41, 5.74) is 2.34. The number of aromatic nitrogens is 2. The molecule has 0 spiro atoms. The zero-order valence-electron chi connectivity index (χ0n) is 14.5. The van der Waals surface area contributed by atoms with E-state index in [4.69, 9.17) is 0 Å². The van der Waals surface area contributed by atoms with Crippen LogP contribution in [0.15, 0.2) is 42.7 Å². The summed E-state index contributed by atoms with van der Waals surface area (Å²) < 4.78 is 2.01. The van der Waals surface area contributed by atoms with Crippen LogP contribution in [0.25, 0.3) is 0 Å². The summed E-state index contributed by atoms with van der Waals surface area (Å²) in [6, 6.07) is 10.1. The second-order valence-electron chi connectivity index (χ2n) is 6.90. The molecule has 0 radical (unpaired) electrons. The molecule has 0 bridgehead atoms. The fourth-order valence-corrected chi connectivity index (χ4v) is 3.51. The highest BCUT2D eigenvalue weighted by Gasteiger charge is 2.25. The molecule has 1 saturated heterocycles. The minimum absolute atomic E-state index is 0.200. The molecule has 0 unspecified atom stereocenters. The van der Waals surface area contributed by atoms with E-state index in [-0.39, 0.29) is 5.92 Å². The van der Waals surface area contributed by atoms with Crippen molar-refractivity contribution in [2.45, 2.75) is 39.2 Å². The van der Waals surface area contributed by atoms with Crippen LogP contribution in [0.3, 0.4) is 0 Å². The molecule has 1 aromatic carbocycles. The molecule has 0 saturated carbocycles. The van der Waals surface area contributed by atoms with Gasteiger partial charge < -0.3 is 4.90 Å². The number of carbonyl (C=O) groups excluding carboxylic acids is 1. The van der Waals surface area contributed by atoms with Crippen molar-refractivity contribution in [3.8, 4) is 0 Å². The first kappa shape index (κ1) is 16.9. The Bertz CT molecular complexity index is 650. The summed E-state index contributed by atoms with van der Waals surface area (Å²) in [4.78, 5) is 15.0. The van der Waals surface area contributed by atoms with Crippen LogP contribution in [0, 0.1) is 12.8 Å². The molecule has 1 aliphatic heterocycles. The molecule has 0 aliphatic carbocycles. The van der Waals surface area contributed by atoms with Gasteiger partial charge in [-0.15, -0.1) is 0 Å². The monoisotopic (exact) mass is 325 g/mol. The number of aryl methyl sites for hydroxylation is 2. The summed E-state index contributed by atoms with van der Waals surface area (Å²) >= 11 is 0. The van der Waals surface area contributed by atoms with Crippen LogP contribution in [0.1, 0.15) is 30.4 Å². The van der Waals surface area contributed by atoms with E-state index in [9.17, 15) is 4.79 Å². The van der Waals surface area contributed by atoms with Gasteiger partial charge in [-0.05, 0) is 50.4 Å². The van der Waals surface area contributed by atoms with Crippen molar-refractivity contribution in [2.75, 3.05) is 19.6 Å². The molecule has 4 nitrogen and oxygen atoms in total. The third kappa shape index (κ3) is 4.78. The molecule has 2 aromatic rings. The van der Waals surface area contributed by atoms with E-state index in [1.54, 1.807) is 0 Å². The number of carbonyl (C=O) groups is 1. The number of hydrogen-bond acceptors (Lipinski definition) is 3. The maximum atomic E-state index is 12.6. The molecule has 128 valence electrons. The summed E-state index contributed by atoms with van der Waals surface area (Å²) in [6.07, 6.45) is 7.82. The average Bonchev–Trinajstić information content (AvgIpc) is 3.01. The van der Waals surface area contributed by atoms with E-state index < -0.39 is 0 Å². The Morgan fingerprint density at radius 3 is 2.83 bits per heavy atom. The van der Waals surface area contributed by atoms with Crippen LogP contribution >= 0.6 is 0 Å². The number of ketones is 1. The molecular weight excluding hydrogens is 298 g/mol. The standard InChI is InChI=1S/C20H27N3O/c1-17-14-21-23(15-17)12-6-11-22-10-5-9-19(16-22)20(24)13-18-7-3-2-4-8-18/h2-4,7-8,14-15,19H,5-6,9-13,16H2,1H3/t19-/m0/s1. The lowest BCUT2D eigenvalue weighted by Crippen LogP contribution is -2.39. The molecular formula is C20H27N3O. The van der Waals surface area contributed by atoms with Crippen molar-refractivity contribution in [1.29, 1.82) is 0 Å². The Balaban J connectivity index is 1.44. The maximum Gasteiger partial charge on any atom is 0.141 e. The highest BCUT2D eigenvalue weighted by Crippen LogP contribution is 2.19. The smallest absolute Gasteiger partial charge is 0.141 e. The van der Waals surface area contributed by atoms with Gasteiger partial charge in [0.05, 0.1) is 6.20 Å². The van der Waals surface area contributed by atoms with Crippen molar-refractivity contribution in [2.24, 2.45) is 5.92 Å². The van der Waals surface area contributed by atoms with Crippen molar-refractivity contribution in [3.63, 3.8) is 0 Å². The summed E-state index contributed by atoms with van der Waals surface area (Å²) in [7, 11) is 0. The number of rotatable bonds is 7. The largest absolute Gasteiger partial charge is 0.303 e. The Labute approximate surface area is 144 Å². The van der Waals surface area contributed by atoms with Crippen LogP contribution in [0.2, 0.25) is 0 Å². The quantitative estimate of drug-likeness (QED) is 0.785.